The molecule has 4 N–H and O–H groups in total. The Balaban J connectivity index is 2.07. The van der Waals surface area contributed by atoms with E-state index in [1.54, 1.807) is 0 Å². The van der Waals surface area contributed by atoms with E-state index in [1.165, 1.54) is 0 Å². The molecule has 0 unspecified atom stereocenters. The zero-order valence-corrected chi connectivity index (χ0v) is 12.3. The molecule has 1 saturated heterocycles. The Labute approximate surface area is 126 Å². The van der Waals surface area contributed by atoms with Gasteiger partial charge in [-0.25, -0.2) is 0 Å². The molecule has 116 valence electrons. The van der Waals surface area contributed by atoms with Crippen LogP contribution in [0.1, 0.15) is 30.9 Å². The highest BCUT2D eigenvalue weighted by Gasteiger charge is 2.26. The van der Waals surface area contributed by atoms with Gasteiger partial charge in [-0.3, -0.25) is 4.79 Å². The second-order valence-corrected chi connectivity index (χ2v) is 5.39. The predicted molar refractivity (Wildman–Crippen MR) is 82.9 cm³/mol. The second kappa shape index (κ2) is 8.77. The van der Waals surface area contributed by atoms with Crippen LogP contribution in [0.3, 0.4) is 0 Å². The molecule has 21 heavy (non-hydrogen) atoms. The fourth-order valence-corrected chi connectivity index (χ4v) is 2.51. The second-order valence-electron chi connectivity index (χ2n) is 5.39. The van der Waals surface area contributed by atoms with Gasteiger partial charge in [0.15, 0.2) is 6.10 Å². The molecule has 1 aliphatic rings. The molecule has 1 fully saturated rings. The first-order valence-corrected chi connectivity index (χ1v) is 7.74. The van der Waals surface area contributed by atoms with E-state index in [0.29, 0.717) is 6.54 Å². The Morgan fingerprint density at radius 1 is 0.952 bits per heavy atom. The number of aliphatic hydroxyl groups is 1. The predicted octanol–water partition coefficient (Wildman–Crippen LogP) is 0.568. The van der Waals surface area contributed by atoms with Crippen LogP contribution in [0.2, 0.25) is 0 Å². The molecule has 1 aromatic carbocycles. The van der Waals surface area contributed by atoms with Crippen LogP contribution in [0.4, 0.5) is 0 Å². The van der Waals surface area contributed by atoms with Gasteiger partial charge in [0.2, 0.25) is 0 Å². The number of nitrogens with one attached hydrogen (secondary N) is 3. The summed E-state index contributed by atoms with van der Waals surface area (Å²) in [5.74, 6) is -0.310. The normalized spacial score (nSPS) is 26.0. The van der Waals surface area contributed by atoms with Crippen molar-refractivity contribution in [1.29, 1.82) is 0 Å². The standard InChI is InChI=1S/C16H25N3O2/c20-15-14(13-7-2-1-3-8-13)18-11-5-4-9-17-10-6-12-19-16(15)21/h1-3,7-8,14-15,17-18,20H,4-6,9-12H2,(H,19,21)/t14-,15-/m1/s1. The van der Waals surface area contributed by atoms with E-state index in [0.717, 1.165) is 44.5 Å². The Morgan fingerprint density at radius 3 is 2.48 bits per heavy atom. The van der Waals surface area contributed by atoms with Crippen molar-refractivity contribution in [3.05, 3.63) is 35.9 Å². The molecule has 0 saturated carbocycles. The van der Waals surface area contributed by atoms with Gasteiger partial charge in [-0.2, -0.15) is 0 Å². The molecular weight excluding hydrogens is 266 g/mol. The largest absolute Gasteiger partial charge is 0.381 e. The molecule has 1 aromatic rings. The van der Waals surface area contributed by atoms with Gasteiger partial charge in [-0.15, -0.1) is 0 Å². The lowest BCUT2D eigenvalue weighted by Gasteiger charge is -2.24. The highest BCUT2D eigenvalue weighted by atomic mass is 16.3. The molecule has 5 heteroatoms. The number of amides is 1. The van der Waals surface area contributed by atoms with Gasteiger partial charge >= 0.3 is 0 Å². The quantitative estimate of drug-likeness (QED) is 0.610. The highest BCUT2D eigenvalue weighted by Crippen LogP contribution is 2.17. The Hall–Kier alpha value is -1.43. The van der Waals surface area contributed by atoms with Crippen molar-refractivity contribution < 1.29 is 9.90 Å². The van der Waals surface area contributed by atoms with Crippen molar-refractivity contribution in [1.82, 2.24) is 16.0 Å². The van der Waals surface area contributed by atoms with Crippen LogP contribution in [0, 0.1) is 0 Å². The van der Waals surface area contributed by atoms with E-state index in [9.17, 15) is 9.90 Å². The number of hydrogen-bond acceptors (Lipinski definition) is 4. The van der Waals surface area contributed by atoms with Gasteiger partial charge in [-0.1, -0.05) is 30.3 Å². The Bertz CT molecular complexity index is 425. The third-order valence-electron chi connectivity index (χ3n) is 3.72. The van der Waals surface area contributed by atoms with Crippen LogP contribution in [-0.4, -0.2) is 43.3 Å². The maximum absolute atomic E-state index is 12.1. The smallest absolute Gasteiger partial charge is 0.250 e. The molecule has 2 atom stereocenters. The van der Waals surface area contributed by atoms with Crippen LogP contribution >= 0.6 is 0 Å². The van der Waals surface area contributed by atoms with Gasteiger partial charge in [0.1, 0.15) is 0 Å². The van der Waals surface area contributed by atoms with Crippen molar-refractivity contribution in [2.24, 2.45) is 0 Å². The molecule has 0 spiro atoms. The lowest BCUT2D eigenvalue weighted by Crippen LogP contribution is -2.44. The van der Waals surface area contributed by atoms with Crippen molar-refractivity contribution in [2.75, 3.05) is 26.2 Å². The minimum Gasteiger partial charge on any atom is -0.381 e. The van der Waals surface area contributed by atoms with Crippen molar-refractivity contribution in [3.63, 3.8) is 0 Å². The summed E-state index contributed by atoms with van der Waals surface area (Å²) in [6.45, 7) is 3.26. The van der Waals surface area contributed by atoms with Crippen LogP contribution in [0.25, 0.3) is 0 Å². The fourth-order valence-electron chi connectivity index (χ4n) is 2.51. The monoisotopic (exact) mass is 291 g/mol. The molecule has 0 aromatic heterocycles. The zero-order valence-electron chi connectivity index (χ0n) is 12.3. The van der Waals surface area contributed by atoms with E-state index in [1.807, 2.05) is 30.3 Å². The fraction of sp³-hybridized carbons (Fsp3) is 0.562. The van der Waals surface area contributed by atoms with E-state index in [2.05, 4.69) is 16.0 Å². The summed E-state index contributed by atoms with van der Waals surface area (Å²) in [6, 6.07) is 9.29. The molecule has 0 bridgehead atoms. The number of benzene rings is 1. The minimum absolute atomic E-state index is 0.310. The van der Waals surface area contributed by atoms with E-state index in [-0.39, 0.29) is 11.9 Å². The van der Waals surface area contributed by atoms with Gasteiger partial charge in [0.05, 0.1) is 6.04 Å². The number of carbonyl (C=O) groups excluding carboxylic acids is 1. The molecule has 1 heterocycles. The molecule has 1 amide bonds. The summed E-state index contributed by atoms with van der Waals surface area (Å²) in [5.41, 5.74) is 0.938. The van der Waals surface area contributed by atoms with Crippen LogP contribution < -0.4 is 16.0 Å². The molecule has 2 rings (SSSR count). The minimum atomic E-state index is -1.07. The Morgan fingerprint density at radius 2 is 1.67 bits per heavy atom. The molecule has 1 aliphatic heterocycles. The number of rotatable bonds is 1. The Kier molecular flexibility index (Phi) is 6.66. The molecule has 0 aliphatic carbocycles. The third-order valence-corrected chi connectivity index (χ3v) is 3.72. The van der Waals surface area contributed by atoms with Crippen LogP contribution in [0.5, 0.6) is 0 Å². The maximum Gasteiger partial charge on any atom is 0.250 e. The maximum atomic E-state index is 12.1. The van der Waals surface area contributed by atoms with Crippen LogP contribution in [-0.2, 0) is 4.79 Å². The summed E-state index contributed by atoms with van der Waals surface area (Å²) >= 11 is 0. The first-order valence-electron chi connectivity index (χ1n) is 7.74. The van der Waals surface area contributed by atoms with Crippen molar-refractivity contribution in [3.8, 4) is 0 Å². The number of aliphatic hydroxyl groups excluding tert-OH is 1. The summed E-state index contributed by atoms with van der Waals surface area (Å²) in [7, 11) is 0. The summed E-state index contributed by atoms with van der Waals surface area (Å²) in [6.07, 6.45) is 1.92. The zero-order chi connectivity index (χ0) is 14.9. The lowest BCUT2D eigenvalue weighted by molar-refractivity contribution is -0.130. The van der Waals surface area contributed by atoms with Gasteiger partial charge in [0.25, 0.3) is 5.91 Å². The lowest BCUT2D eigenvalue weighted by atomic mass is 10.0. The summed E-state index contributed by atoms with van der Waals surface area (Å²) in [5, 5.41) is 19.8. The first-order chi connectivity index (χ1) is 10.3. The van der Waals surface area contributed by atoms with Crippen molar-refractivity contribution >= 4 is 5.91 Å². The van der Waals surface area contributed by atoms with E-state index < -0.39 is 6.10 Å². The van der Waals surface area contributed by atoms with E-state index in [4.69, 9.17) is 0 Å². The van der Waals surface area contributed by atoms with Gasteiger partial charge < -0.3 is 21.1 Å². The topological polar surface area (TPSA) is 73.4 Å². The average molecular weight is 291 g/mol. The third kappa shape index (κ3) is 5.12. The average Bonchev–Trinajstić information content (AvgIpc) is 2.53. The van der Waals surface area contributed by atoms with E-state index >= 15 is 0 Å². The van der Waals surface area contributed by atoms with Crippen LogP contribution in [0.15, 0.2) is 30.3 Å². The highest BCUT2D eigenvalue weighted by molar-refractivity contribution is 5.81. The molecule has 5 nitrogen and oxygen atoms in total. The van der Waals surface area contributed by atoms with Crippen molar-refractivity contribution in [2.45, 2.75) is 31.4 Å². The first kappa shape index (κ1) is 15.9. The molecule has 0 radical (unpaired) electrons. The SMILES string of the molecule is O=C1NCCCNCCCCN[C@H](c2ccccc2)[C@H]1O. The summed E-state index contributed by atoms with van der Waals surface area (Å²) < 4.78 is 0. The van der Waals surface area contributed by atoms with Gasteiger partial charge in [0, 0.05) is 6.54 Å². The molecular formula is C16H25N3O2. The number of carbonyl (C=O) groups is 1. The summed E-state index contributed by atoms with van der Waals surface area (Å²) in [4.78, 5) is 12.1. The van der Waals surface area contributed by atoms with Gasteiger partial charge in [-0.05, 0) is 44.5 Å². The number of hydrogen-bond donors (Lipinski definition) is 4.